The van der Waals surface area contributed by atoms with E-state index in [1.165, 1.54) is 258 Å². The highest BCUT2D eigenvalue weighted by molar-refractivity contribution is 6.14. The predicted octanol–water partition coefficient (Wildman–Crippen LogP) is 25.5. The van der Waals surface area contributed by atoms with Crippen LogP contribution in [0.1, 0.15) is 230 Å². The number of fused-ring (bicyclic) bond motifs is 9. The number of hydrogen-bond acceptors (Lipinski definition) is 1. The first-order valence-corrected chi connectivity index (χ1v) is 34.0. The summed E-state index contributed by atoms with van der Waals surface area (Å²) >= 11 is 0. The molecule has 0 amide bonds. The molecule has 2 aliphatic carbocycles. The van der Waals surface area contributed by atoms with Crippen molar-refractivity contribution in [1.29, 1.82) is 0 Å². The van der Waals surface area contributed by atoms with Gasteiger partial charge in [0.25, 0.3) is 0 Å². The third-order valence-corrected chi connectivity index (χ3v) is 20.0. The number of unbranched alkanes of at least 4 members (excludes halogenated alkanes) is 20. The summed E-state index contributed by atoms with van der Waals surface area (Å²) in [4.78, 5) is 2.61. The smallest absolute Gasteiger partial charge is 0.0619 e. The van der Waals surface area contributed by atoms with Crippen molar-refractivity contribution >= 4 is 38.9 Å². The fourth-order valence-corrected chi connectivity index (χ4v) is 15.7. The van der Waals surface area contributed by atoms with Crippen molar-refractivity contribution in [3.8, 4) is 39.1 Å². The Morgan fingerprint density at radius 1 is 0.298 bits per heavy atom. The Balaban J connectivity index is 1.04. The number of anilines is 3. The van der Waals surface area contributed by atoms with Crippen molar-refractivity contribution in [2.24, 2.45) is 0 Å². The van der Waals surface area contributed by atoms with E-state index in [9.17, 15) is 0 Å². The molecular weight excluding hydrogens is 1010 g/mol. The van der Waals surface area contributed by atoms with E-state index in [2.05, 4.69) is 219 Å². The maximum Gasteiger partial charge on any atom is 0.0619 e. The van der Waals surface area contributed by atoms with Crippen LogP contribution in [-0.4, -0.2) is 4.57 Å². The Bertz CT molecular complexity index is 3370. The van der Waals surface area contributed by atoms with Gasteiger partial charge in [0, 0.05) is 49.9 Å². The van der Waals surface area contributed by atoms with E-state index in [0.717, 1.165) is 0 Å². The lowest BCUT2D eigenvalue weighted by molar-refractivity contribution is 0.398. The van der Waals surface area contributed by atoms with Crippen molar-refractivity contribution in [1.82, 2.24) is 4.57 Å². The Hall–Kier alpha value is -6.64. The van der Waals surface area contributed by atoms with Gasteiger partial charge in [-0.2, -0.15) is 0 Å². The summed E-state index contributed by atoms with van der Waals surface area (Å²) in [5.74, 6) is 0. The topological polar surface area (TPSA) is 8.17 Å². The number of para-hydroxylation sites is 3. The summed E-state index contributed by atoms with van der Waals surface area (Å²) in [6, 6.07) is 71.0. The van der Waals surface area contributed by atoms with Crippen LogP contribution in [0.4, 0.5) is 17.1 Å². The van der Waals surface area contributed by atoms with Crippen LogP contribution < -0.4 is 4.90 Å². The molecule has 436 valence electrons. The van der Waals surface area contributed by atoms with Crippen LogP contribution in [0.3, 0.4) is 0 Å². The van der Waals surface area contributed by atoms with Crippen LogP contribution in [0.15, 0.2) is 182 Å². The highest BCUT2D eigenvalue weighted by Gasteiger charge is 2.44. The number of nitrogens with zero attached hydrogens (tertiary/aromatic N) is 2. The second-order valence-corrected chi connectivity index (χ2v) is 25.6. The third-order valence-electron chi connectivity index (χ3n) is 20.0. The Morgan fingerprint density at radius 3 is 1.17 bits per heavy atom. The molecule has 0 N–H and O–H groups in total. The van der Waals surface area contributed by atoms with Gasteiger partial charge in [-0.05, 0) is 130 Å². The summed E-state index contributed by atoms with van der Waals surface area (Å²) in [6.45, 7) is 9.35. The van der Waals surface area contributed by atoms with Crippen molar-refractivity contribution in [3.05, 3.63) is 204 Å². The van der Waals surface area contributed by atoms with Crippen LogP contribution in [-0.2, 0) is 10.8 Å². The average Bonchev–Trinajstić information content (AvgIpc) is 1.88. The zero-order chi connectivity index (χ0) is 57.6. The molecule has 0 saturated heterocycles. The molecule has 0 saturated carbocycles. The molecule has 11 rings (SSSR count). The zero-order valence-corrected chi connectivity index (χ0v) is 52.0. The first kappa shape index (κ1) is 59.1. The van der Waals surface area contributed by atoms with Crippen LogP contribution in [0.5, 0.6) is 0 Å². The van der Waals surface area contributed by atoms with Gasteiger partial charge in [0.2, 0.25) is 0 Å². The Labute approximate surface area is 507 Å². The van der Waals surface area contributed by atoms with Crippen LogP contribution in [0.2, 0.25) is 0 Å². The van der Waals surface area contributed by atoms with E-state index in [0.29, 0.717) is 0 Å². The summed E-state index contributed by atoms with van der Waals surface area (Å²) in [6.07, 6.45) is 36.7. The second-order valence-electron chi connectivity index (χ2n) is 25.6. The summed E-state index contributed by atoms with van der Waals surface area (Å²) < 4.78 is 2.48. The molecule has 1 heterocycles. The quantitative estimate of drug-likeness (QED) is 0.0372. The van der Waals surface area contributed by atoms with Crippen molar-refractivity contribution in [3.63, 3.8) is 0 Å². The molecule has 1 aromatic heterocycles. The van der Waals surface area contributed by atoms with Gasteiger partial charge in [-0.15, -0.1) is 0 Å². The van der Waals surface area contributed by atoms with Gasteiger partial charge in [-0.3, -0.25) is 0 Å². The van der Waals surface area contributed by atoms with E-state index in [1.807, 2.05) is 0 Å². The van der Waals surface area contributed by atoms with Gasteiger partial charge in [-0.1, -0.05) is 309 Å². The standard InChI is InChI=1S/C82H98N2/c1-5-9-13-17-21-34-57-81(58-35-22-18-14-10-6-2)75-46-31-28-41-69(75)73-61-66(53-55-77(73)81)83(65-51-49-63(50-52-65)68-44-38-45-72-71-43-30-33-48-79(71)84(80(68)72)64-39-26-25-27-40-64)67-54-56-78-74(62-67)70-42-29-32-47-76(70)82(78,59-36-23-19-15-11-7-3)60-37-24-20-16-12-8-4/h25-33,38-56,61-62H,5-24,34-37,57-60H2,1-4H3. The first-order chi connectivity index (χ1) is 41.5. The normalized spacial score (nSPS) is 13.6. The second kappa shape index (κ2) is 28.5. The molecule has 2 nitrogen and oxygen atoms in total. The van der Waals surface area contributed by atoms with Crippen molar-refractivity contribution in [2.75, 3.05) is 4.90 Å². The maximum atomic E-state index is 2.61. The lowest BCUT2D eigenvalue weighted by atomic mass is 9.70. The molecule has 0 atom stereocenters. The monoisotopic (exact) mass is 1110 g/mol. The molecule has 84 heavy (non-hydrogen) atoms. The maximum absolute atomic E-state index is 2.61. The minimum absolute atomic E-state index is 0.0301. The fraction of sp³-hybridized carbons (Fsp3) is 0.415. The zero-order valence-electron chi connectivity index (χ0n) is 52.0. The Kier molecular flexibility index (Phi) is 20.1. The highest BCUT2D eigenvalue weighted by atomic mass is 15.1. The lowest BCUT2D eigenvalue weighted by Crippen LogP contribution is -2.25. The fourth-order valence-electron chi connectivity index (χ4n) is 15.7. The third kappa shape index (κ3) is 12.3. The van der Waals surface area contributed by atoms with E-state index in [4.69, 9.17) is 0 Å². The van der Waals surface area contributed by atoms with Crippen molar-refractivity contribution < 1.29 is 0 Å². The number of aromatic nitrogens is 1. The van der Waals surface area contributed by atoms with Gasteiger partial charge in [-0.25, -0.2) is 0 Å². The van der Waals surface area contributed by atoms with E-state index < -0.39 is 0 Å². The summed E-state index contributed by atoms with van der Waals surface area (Å²) in [5.41, 5.74) is 21.8. The van der Waals surface area contributed by atoms with Gasteiger partial charge in [0.05, 0.1) is 11.0 Å². The van der Waals surface area contributed by atoms with Gasteiger partial charge in [0.15, 0.2) is 0 Å². The van der Waals surface area contributed by atoms with Gasteiger partial charge >= 0.3 is 0 Å². The number of benzene rings is 8. The molecule has 8 aromatic carbocycles. The van der Waals surface area contributed by atoms with Crippen LogP contribution in [0, 0.1) is 0 Å². The van der Waals surface area contributed by atoms with E-state index in [1.54, 1.807) is 22.3 Å². The molecule has 0 radical (unpaired) electrons. The Morgan fingerprint density at radius 2 is 0.679 bits per heavy atom. The molecule has 0 aliphatic heterocycles. The number of rotatable bonds is 33. The van der Waals surface area contributed by atoms with Gasteiger partial charge < -0.3 is 9.47 Å². The van der Waals surface area contributed by atoms with Crippen LogP contribution >= 0.6 is 0 Å². The van der Waals surface area contributed by atoms with E-state index >= 15 is 0 Å². The first-order valence-electron chi connectivity index (χ1n) is 34.0. The van der Waals surface area contributed by atoms with Crippen molar-refractivity contribution in [2.45, 2.75) is 218 Å². The summed E-state index contributed by atoms with van der Waals surface area (Å²) in [5, 5.41) is 2.56. The predicted molar refractivity (Wildman–Crippen MR) is 365 cm³/mol. The van der Waals surface area contributed by atoms with E-state index in [-0.39, 0.29) is 10.8 Å². The molecule has 0 fully saturated rings. The molecule has 0 bridgehead atoms. The molecule has 0 spiro atoms. The number of hydrogen-bond donors (Lipinski definition) is 0. The average molecular weight is 1110 g/mol. The molecule has 9 aromatic rings. The molecule has 0 unspecified atom stereocenters. The minimum atomic E-state index is 0.0301. The molecule has 2 heteroatoms. The summed E-state index contributed by atoms with van der Waals surface area (Å²) in [7, 11) is 0. The van der Waals surface area contributed by atoms with Gasteiger partial charge in [0.1, 0.15) is 0 Å². The SMILES string of the molecule is CCCCCCCCC1(CCCCCCCC)c2ccccc2-c2cc(N(c3ccc(-c4cccc5c6ccccc6n(-c6ccccc6)c45)cc3)c3ccc4c(c3)-c3ccccc3C4(CCCCCCCC)CCCCCCCC)ccc21. The lowest BCUT2D eigenvalue weighted by Gasteiger charge is -2.34. The highest BCUT2D eigenvalue weighted by Crippen LogP contribution is 2.58. The largest absolute Gasteiger partial charge is 0.310 e. The van der Waals surface area contributed by atoms with Crippen LogP contribution in [0.25, 0.3) is 60.9 Å². The molecular formula is C82H98N2. The minimum Gasteiger partial charge on any atom is -0.310 e. The molecule has 2 aliphatic rings.